The van der Waals surface area contributed by atoms with Crippen molar-refractivity contribution in [2.75, 3.05) is 20.8 Å². The number of benzene rings is 3. The Morgan fingerprint density at radius 3 is 2.38 bits per heavy atom. The van der Waals surface area contributed by atoms with Crippen LogP contribution >= 0.6 is 11.3 Å². The second-order valence-electron chi connectivity index (χ2n) is 9.94. The van der Waals surface area contributed by atoms with Crippen molar-refractivity contribution in [1.29, 1.82) is 0 Å². The second-order valence-corrected chi connectivity index (χ2v) is 11.0. The molecule has 0 fully saturated rings. The highest BCUT2D eigenvalue weighted by Crippen LogP contribution is 2.36. The average molecular weight is 621 g/mol. The summed E-state index contributed by atoms with van der Waals surface area (Å²) in [6.45, 7) is 1.89. The lowest BCUT2D eigenvalue weighted by Gasteiger charge is -2.26. The number of carbonyl (C=O) groups excluding carboxylic acids is 2. The van der Waals surface area contributed by atoms with E-state index in [2.05, 4.69) is 0 Å². The number of furan rings is 1. The first-order valence-electron chi connectivity index (χ1n) is 14.1. The lowest BCUT2D eigenvalue weighted by Crippen LogP contribution is -2.40. The fourth-order valence-electron chi connectivity index (χ4n) is 5.23. The summed E-state index contributed by atoms with van der Waals surface area (Å²) in [5.74, 6) is 0.446. The third-order valence-electron chi connectivity index (χ3n) is 7.30. The van der Waals surface area contributed by atoms with Crippen molar-refractivity contribution < 1.29 is 28.2 Å². The highest BCUT2D eigenvalue weighted by atomic mass is 32.1. The number of hydrogen-bond acceptors (Lipinski definition) is 9. The predicted octanol–water partition coefficient (Wildman–Crippen LogP) is 4.99. The van der Waals surface area contributed by atoms with Gasteiger partial charge in [0.15, 0.2) is 4.80 Å². The summed E-state index contributed by atoms with van der Waals surface area (Å²) in [6.07, 6.45) is 1.63. The Labute approximate surface area is 262 Å². The number of nitrogens with zero attached hydrogens (tertiary/aromatic N) is 2. The fraction of sp³-hybridized carbons (Fsp3) is 0.143. The molecule has 1 aliphatic heterocycles. The molecule has 45 heavy (non-hydrogen) atoms. The van der Waals surface area contributed by atoms with Crippen molar-refractivity contribution in [3.8, 4) is 17.1 Å². The molecule has 0 saturated carbocycles. The van der Waals surface area contributed by atoms with Gasteiger partial charge in [0.05, 0.1) is 48.2 Å². The number of rotatable bonds is 8. The molecule has 226 valence electrons. The molecule has 3 heterocycles. The van der Waals surface area contributed by atoms with Gasteiger partial charge in [-0.3, -0.25) is 9.36 Å². The lowest BCUT2D eigenvalue weighted by atomic mass is 9.93. The lowest BCUT2D eigenvalue weighted by molar-refractivity contribution is -0.138. The van der Waals surface area contributed by atoms with Gasteiger partial charge in [0.1, 0.15) is 17.3 Å². The van der Waals surface area contributed by atoms with E-state index >= 15 is 0 Å². The van der Waals surface area contributed by atoms with Crippen LogP contribution in [0.15, 0.2) is 111 Å². The molecule has 0 amide bonds. The molecule has 10 heteroatoms. The molecule has 3 aromatic carbocycles. The zero-order chi connectivity index (χ0) is 31.5. The highest BCUT2D eigenvalue weighted by Gasteiger charge is 2.35. The Morgan fingerprint density at radius 1 is 0.933 bits per heavy atom. The van der Waals surface area contributed by atoms with Crippen LogP contribution in [0.5, 0.6) is 5.75 Å². The van der Waals surface area contributed by atoms with Gasteiger partial charge in [-0.1, -0.05) is 72.0 Å². The molecule has 0 aliphatic carbocycles. The molecule has 1 aliphatic rings. The SMILES string of the molecule is CCOC(=O)C1=C(c2ccccc2)N=c2s/c(=C/c3ccc(-c4ccccc4C(=O)OC)o3)c(=O)n2[C@H]1c1ccc(OC)cc1. The van der Waals surface area contributed by atoms with Gasteiger partial charge < -0.3 is 18.6 Å². The normalized spacial score (nSPS) is 14.5. The van der Waals surface area contributed by atoms with Gasteiger partial charge in [0, 0.05) is 17.2 Å². The predicted molar refractivity (Wildman–Crippen MR) is 170 cm³/mol. The maximum atomic E-state index is 14.1. The second kappa shape index (κ2) is 12.6. The third-order valence-corrected chi connectivity index (χ3v) is 8.29. The van der Waals surface area contributed by atoms with E-state index in [1.165, 1.54) is 23.0 Å². The smallest absolute Gasteiger partial charge is 0.338 e. The van der Waals surface area contributed by atoms with Gasteiger partial charge in [0.25, 0.3) is 5.56 Å². The summed E-state index contributed by atoms with van der Waals surface area (Å²) in [5.41, 5.74) is 2.68. The molecule has 6 rings (SSSR count). The largest absolute Gasteiger partial charge is 0.497 e. The molecule has 0 radical (unpaired) electrons. The van der Waals surface area contributed by atoms with Crippen LogP contribution in [0.3, 0.4) is 0 Å². The minimum absolute atomic E-state index is 0.157. The number of ether oxygens (including phenoxy) is 3. The van der Waals surface area contributed by atoms with Crippen molar-refractivity contribution >= 4 is 35.0 Å². The van der Waals surface area contributed by atoms with Gasteiger partial charge in [-0.25, -0.2) is 14.6 Å². The number of fused-ring (bicyclic) bond motifs is 1. The van der Waals surface area contributed by atoms with E-state index in [9.17, 15) is 14.4 Å². The van der Waals surface area contributed by atoms with Crippen molar-refractivity contribution in [3.05, 3.63) is 139 Å². The Morgan fingerprint density at radius 2 is 1.67 bits per heavy atom. The van der Waals surface area contributed by atoms with Gasteiger partial charge in [0.2, 0.25) is 0 Å². The summed E-state index contributed by atoms with van der Waals surface area (Å²) in [4.78, 5) is 45.3. The molecule has 0 unspecified atom stereocenters. The zero-order valence-corrected chi connectivity index (χ0v) is 25.5. The number of carbonyl (C=O) groups is 2. The summed E-state index contributed by atoms with van der Waals surface area (Å²) in [7, 11) is 2.89. The van der Waals surface area contributed by atoms with Crippen LogP contribution < -0.4 is 19.6 Å². The first kappa shape index (κ1) is 29.6. The van der Waals surface area contributed by atoms with Crippen LogP contribution in [0.25, 0.3) is 23.1 Å². The fourth-order valence-corrected chi connectivity index (χ4v) is 6.21. The molecule has 0 N–H and O–H groups in total. The minimum Gasteiger partial charge on any atom is -0.497 e. The third kappa shape index (κ3) is 5.63. The maximum absolute atomic E-state index is 14.1. The monoisotopic (exact) mass is 620 g/mol. The molecule has 5 aromatic rings. The van der Waals surface area contributed by atoms with Gasteiger partial charge in [-0.2, -0.15) is 0 Å². The Bertz CT molecular complexity index is 2110. The molecule has 1 atom stereocenters. The molecular formula is C35H28N2O7S. The highest BCUT2D eigenvalue weighted by molar-refractivity contribution is 7.07. The molecule has 0 bridgehead atoms. The first-order valence-corrected chi connectivity index (χ1v) is 14.9. The first-order chi connectivity index (χ1) is 21.9. The Balaban J connectivity index is 1.54. The summed E-state index contributed by atoms with van der Waals surface area (Å²) >= 11 is 1.19. The van der Waals surface area contributed by atoms with Crippen molar-refractivity contribution in [2.24, 2.45) is 4.99 Å². The molecule has 2 aromatic heterocycles. The van der Waals surface area contributed by atoms with Gasteiger partial charge in [-0.05, 0) is 42.8 Å². The van der Waals surface area contributed by atoms with Crippen LogP contribution in [-0.2, 0) is 14.3 Å². The number of esters is 2. The number of methoxy groups -OCH3 is 2. The topological polar surface area (TPSA) is 109 Å². The quantitative estimate of drug-likeness (QED) is 0.225. The number of hydrogen-bond donors (Lipinski definition) is 0. The van der Waals surface area contributed by atoms with Gasteiger partial charge >= 0.3 is 11.9 Å². The van der Waals surface area contributed by atoms with E-state index in [1.807, 2.05) is 42.5 Å². The average Bonchev–Trinajstić information content (AvgIpc) is 3.68. The minimum atomic E-state index is -0.817. The van der Waals surface area contributed by atoms with Crippen LogP contribution in [0.2, 0.25) is 0 Å². The van der Waals surface area contributed by atoms with E-state index in [0.29, 0.717) is 49.0 Å². The summed E-state index contributed by atoms with van der Waals surface area (Å²) in [5, 5.41) is 0. The molecule has 0 saturated heterocycles. The number of thiazole rings is 1. The molecule has 0 spiro atoms. The Hall–Kier alpha value is -5.48. The maximum Gasteiger partial charge on any atom is 0.338 e. The van der Waals surface area contributed by atoms with E-state index < -0.39 is 18.0 Å². The molecule has 9 nitrogen and oxygen atoms in total. The molecular weight excluding hydrogens is 592 g/mol. The van der Waals surface area contributed by atoms with E-state index in [4.69, 9.17) is 23.6 Å². The Kier molecular flexibility index (Phi) is 8.30. The summed E-state index contributed by atoms with van der Waals surface area (Å²) in [6, 6.07) is 26.2. The van der Waals surface area contributed by atoms with Crippen molar-refractivity contribution in [1.82, 2.24) is 4.57 Å². The van der Waals surface area contributed by atoms with Crippen LogP contribution in [0.1, 0.15) is 40.2 Å². The van der Waals surface area contributed by atoms with Crippen LogP contribution in [0, 0.1) is 0 Å². The summed E-state index contributed by atoms with van der Waals surface area (Å²) < 4.78 is 23.7. The standard InChI is InChI=1S/C35H28N2O7S/c1-4-43-34(40)29-30(21-10-6-5-7-11-21)36-35-37(31(29)22-14-16-23(41-2)17-15-22)32(38)28(45-35)20-24-18-19-27(44-24)25-12-8-9-13-26(25)33(39)42-3/h5-20,31H,4H2,1-3H3/b28-20+/t31-/m0/s1. The van der Waals surface area contributed by atoms with E-state index in [0.717, 1.165) is 5.56 Å². The van der Waals surface area contributed by atoms with Crippen LogP contribution in [0.4, 0.5) is 0 Å². The van der Waals surface area contributed by atoms with Crippen molar-refractivity contribution in [3.63, 3.8) is 0 Å². The van der Waals surface area contributed by atoms with E-state index in [1.54, 1.807) is 68.6 Å². The van der Waals surface area contributed by atoms with E-state index in [-0.39, 0.29) is 17.7 Å². The van der Waals surface area contributed by atoms with Crippen LogP contribution in [-0.4, -0.2) is 37.3 Å². The number of aromatic nitrogens is 1. The van der Waals surface area contributed by atoms with Crippen molar-refractivity contribution in [2.45, 2.75) is 13.0 Å². The zero-order valence-electron chi connectivity index (χ0n) is 24.7. The van der Waals surface area contributed by atoms with Gasteiger partial charge in [-0.15, -0.1) is 0 Å².